The molecule has 2 aromatic rings. The van der Waals surface area contributed by atoms with Gasteiger partial charge in [-0.1, -0.05) is 30.3 Å². The second kappa shape index (κ2) is 4.83. The third-order valence-electron chi connectivity index (χ3n) is 2.85. The Labute approximate surface area is 111 Å². The third kappa shape index (κ3) is 2.39. The Hall–Kier alpha value is -1.79. The molecule has 0 amide bonds. The van der Waals surface area contributed by atoms with Crippen molar-refractivity contribution in [1.29, 1.82) is 5.26 Å². The van der Waals surface area contributed by atoms with Gasteiger partial charge in [0.15, 0.2) is 5.69 Å². The maximum Gasteiger partial charge on any atom is 0.154 e. The van der Waals surface area contributed by atoms with Crippen molar-refractivity contribution in [3.05, 3.63) is 48.2 Å². The van der Waals surface area contributed by atoms with Crippen molar-refractivity contribution in [1.82, 2.24) is 4.98 Å². The molecule has 0 atom stereocenters. The van der Waals surface area contributed by atoms with E-state index >= 15 is 0 Å². The molecule has 0 radical (unpaired) electrons. The van der Waals surface area contributed by atoms with E-state index in [0.29, 0.717) is 10.9 Å². The average Bonchev–Trinajstić information content (AvgIpc) is 3.24. The highest BCUT2D eigenvalue weighted by Gasteiger charge is 2.24. The molecule has 0 spiro atoms. The van der Waals surface area contributed by atoms with Crippen LogP contribution in [0.3, 0.4) is 0 Å². The van der Waals surface area contributed by atoms with Gasteiger partial charge in [0, 0.05) is 15.7 Å². The first-order valence-corrected chi connectivity index (χ1v) is 6.88. The Morgan fingerprint density at radius 2 is 1.89 bits per heavy atom. The average molecular weight is 252 g/mol. The van der Waals surface area contributed by atoms with Crippen LogP contribution >= 0.6 is 11.8 Å². The summed E-state index contributed by atoms with van der Waals surface area (Å²) < 4.78 is 0. The van der Waals surface area contributed by atoms with Crippen molar-refractivity contribution in [2.75, 3.05) is 0 Å². The van der Waals surface area contributed by atoms with Crippen LogP contribution in [0, 0.1) is 11.3 Å². The fourth-order valence-corrected chi connectivity index (χ4v) is 2.84. The summed E-state index contributed by atoms with van der Waals surface area (Å²) in [6, 6.07) is 16.2. The number of nitrogens with zero attached hydrogens (tertiary/aromatic N) is 2. The van der Waals surface area contributed by atoms with Gasteiger partial charge in [0.25, 0.3) is 0 Å². The van der Waals surface area contributed by atoms with E-state index in [0.717, 1.165) is 16.2 Å². The smallest absolute Gasteiger partial charge is 0.154 e. The predicted octanol–water partition coefficient (Wildman–Crippen LogP) is 3.87. The Morgan fingerprint density at radius 1 is 1.11 bits per heavy atom. The van der Waals surface area contributed by atoms with E-state index in [1.54, 1.807) is 11.8 Å². The summed E-state index contributed by atoms with van der Waals surface area (Å²) in [7, 11) is 0. The fourth-order valence-electron chi connectivity index (χ4n) is 1.76. The van der Waals surface area contributed by atoms with E-state index < -0.39 is 0 Å². The highest BCUT2D eigenvalue weighted by Crippen LogP contribution is 2.40. The van der Waals surface area contributed by atoms with E-state index in [2.05, 4.69) is 11.1 Å². The molecule has 0 bridgehead atoms. The second-order valence-corrected chi connectivity index (χ2v) is 5.68. The molecule has 18 heavy (non-hydrogen) atoms. The van der Waals surface area contributed by atoms with Crippen LogP contribution in [0.5, 0.6) is 0 Å². The fraction of sp³-hybridized carbons (Fsp3) is 0.200. The molecule has 88 valence electrons. The molecule has 1 heterocycles. The van der Waals surface area contributed by atoms with Crippen molar-refractivity contribution in [3.63, 3.8) is 0 Å². The van der Waals surface area contributed by atoms with Gasteiger partial charge < -0.3 is 0 Å². The van der Waals surface area contributed by atoms with Gasteiger partial charge in [-0.3, -0.25) is 0 Å². The normalized spacial score (nSPS) is 14.2. The largest absolute Gasteiger partial charge is 0.236 e. The molecule has 1 aliphatic carbocycles. The van der Waals surface area contributed by atoms with Crippen LogP contribution in [0.15, 0.2) is 47.4 Å². The lowest BCUT2D eigenvalue weighted by atomic mass is 10.1. The number of thioether (sulfide) groups is 1. The molecule has 1 saturated carbocycles. The molecule has 1 aliphatic rings. The lowest BCUT2D eigenvalue weighted by Crippen LogP contribution is -1.91. The van der Waals surface area contributed by atoms with Crippen molar-refractivity contribution in [2.24, 2.45) is 0 Å². The van der Waals surface area contributed by atoms with Gasteiger partial charge in [-0.05, 0) is 25.0 Å². The molecule has 1 fully saturated rings. The van der Waals surface area contributed by atoms with Gasteiger partial charge in [0.1, 0.15) is 6.07 Å². The van der Waals surface area contributed by atoms with E-state index in [-0.39, 0.29) is 0 Å². The molecular weight excluding hydrogens is 240 g/mol. The lowest BCUT2D eigenvalue weighted by molar-refractivity contribution is 1.18. The second-order valence-electron chi connectivity index (χ2n) is 4.34. The zero-order chi connectivity index (χ0) is 12.4. The number of aromatic nitrogens is 1. The highest BCUT2D eigenvalue weighted by molar-refractivity contribution is 8.00. The number of hydrogen-bond acceptors (Lipinski definition) is 3. The number of hydrogen-bond donors (Lipinski definition) is 0. The van der Waals surface area contributed by atoms with Crippen molar-refractivity contribution >= 4 is 11.8 Å². The maximum atomic E-state index is 9.20. The van der Waals surface area contributed by atoms with Gasteiger partial charge in [-0.25, -0.2) is 4.98 Å². The standard InChI is InChI=1S/C15H12N2S/c16-10-14-15(18-12-6-7-12)9-8-13(17-14)11-4-2-1-3-5-11/h1-5,8-9,12H,6-7H2. The van der Waals surface area contributed by atoms with Crippen LogP contribution in [0.2, 0.25) is 0 Å². The maximum absolute atomic E-state index is 9.20. The highest BCUT2D eigenvalue weighted by atomic mass is 32.2. The minimum absolute atomic E-state index is 0.549. The zero-order valence-electron chi connectivity index (χ0n) is 9.84. The Kier molecular flexibility index (Phi) is 3.04. The molecule has 0 unspecified atom stereocenters. The van der Waals surface area contributed by atoms with Crippen molar-refractivity contribution in [3.8, 4) is 17.3 Å². The quantitative estimate of drug-likeness (QED) is 0.832. The minimum Gasteiger partial charge on any atom is -0.236 e. The van der Waals surface area contributed by atoms with Gasteiger partial charge in [-0.2, -0.15) is 5.26 Å². The predicted molar refractivity (Wildman–Crippen MR) is 73.3 cm³/mol. The molecule has 1 aromatic carbocycles. The number of nitriles is 1. The zero-order valence-corrected chi connectivity index (χ0v) is 10.7. The molecular formula is C15H12N2S. The molecule has 0 N–H and O–H groups in total. The van der Waals surface area contributed by atoms with Gasteiger partial charge >= 0.3 is 0 Å². The summed E-state index contributed by atoms with van der Waals surface area (Å²) in [4.78, 5) is 5.47. The van der Waals surface area contributed by atoms with Crippen LogP contribution in [0.25, 0.3) is 11.3 Å². The van der Waals surface area contributed by atoms with E-state index in [1.165, 1.54) is 12.8 Å². The first-order valence-electron chi connectivity index (χ1n) is 6.00. The molecule has 1 aromatic heterocycles. The summed E-state index contributed by atoms with van der Waals surface area (Å²) in [5.41, 5.74) is 2.47. The molecule has 3 rings (SSSR count). The van der Waals surface area contributed by atoms with E-state index in [4.69, 9.17) is 0 Å². The van der Waals surface area contributed by atoms with Gasteiger partial charge in [0.2, 0.25) is 0 Å². The topological polar surface area (TPSA) is 36.7 Å². The monoisotopic (exact) mass is 252 g/mol. The van der Waals surface area contributed by atoms with E-state index in [9.17, 15) is 5.26 Å². The third-order valence-corrected chi connectivity index (χ3v) is 4.24. The molecule has 3 heteroatoms. The summed E-state index contributed by atoms with van der Waals surface area (Å²) >= 11 is 1.78. The Morgan fingerprint density at radius 3 is 2.56 bits per heavy atom. The first kappa shape index (κ1) is 11.3. The van der Waals surface area contributed by atoms with Gasteiger partial charge in [-0.15, -0.1) is 11.8 Å². The van der Waals surface area contributed by atoms with Crippen LogP contribution in [-0.4, -0.2) is 10.2 Å². The van der Waals surface area contributed by atoms with Crippen LogP contribution in [-0.2, 0) is 0 Å². The minimum atomic E-state index is 0.549. The lowest BCUT2D eigenvalue weighted by Gasteiger charge is -2.05. The van der Waals surface area contributed by atoms with E-state index in [1.807, 2.05) is 42.5 Å². The summed E-state index contributed by atoms with van der Waals surface area (Å²) in [6.45, 7) is 0. The number of rotatable bonds is 3. The van der Waals surface area contributed by atoms with Crippen molar-refractivity contribution in [2.45, 2.75) is 23.0 Å². The van der Waals surface area contributed by atoms with Crippen LogP contribution < -0.4 is 0 Å². The first-order chi connectivity index (χ1) is 8.86. The molecule has 0 aliphatic heterocycles. The summed E-state index contributed by atoms with van der Waals surface area (Å²) in [5, 5.41) is 9.89. The summed E-state index contributed by atoms with van der Waals surface area (Å²) in [6.07, 6.45) is 2.52. The Bertz CT molecular complexity index is 598. The van der Waals surface area contributed by atoms with Crippen LogP contribution in [0.1, 0.15) is 18.5 Å². The molecule has 0 saturated heterocycles. The SMILES string of the molecule is N#Cc1nc(-c2ccccc2)ccc1SC1CC1. The van der Waals surface area contributed by atoms with Crippen LogP contribution in [0.4, 0.5) is 0 Å². The van der Waals surface area contributed by atoms with Crippen molar-refractivity contribution < 1.29 is 0 Å². The molecule has 2 nitrogen and oxygen atoms in total. The Balaban J connectivity index is 1.96. The van der Waals surface area contributed by atoms with Gasteiger partial charge in [0.05, 0.1) is 5.69 Å². The summed E-state index contributed by atoms with van der Waals surface area (Å²) in [5.74, 6) is 0. The number of benzene rings is 1. The number of pyridine rings is 1.